The largest absolute Gasteiger partial charge is 0.455 e. The van der Waals surface area contributed by atoms with Gasteiger partial charge in [0.2, 0.25) is 20.0 Å². The number of rotatable bonds is 9. The molecule has 11 heteroatoms. The van der Waals surface area contributed by atoms with Gasteiger partial charge in [0.05, 0.1) is 5.75 Å². The lowest BCUT2D eigenvalue weighted by atomic mass is 10.2. The molecule has 1 aromatic carbocycles. The van der Waals surface area contributed by atoms with Gasteiger partial charge in [-0.3, -0.25) is 4.79 Å². The average Bonchev–Trinajstić information content (AvgIpc) is 3.38. The Labute approximate surface area is 176 Å². The molecule has 0 radical (unpaired) electrons. The van der Waals surface area contributed by atoms with Gasteiger partial charge >= 0.3 is 0 Å². The van der Waals surface area contributed by atoms with Crippen molar-refractivity contribution in [1.82, 2.24) is 14.3 Å². The van der Waals surface area contributed by atoms with Crippen LogP contribution in [0.1, 0.15) is 34.7 Å². The number of amides is 1. The Morgan fingerprint density at radius 2 is 1.77 bits per heavy atom. The SMILES string of the molecule is Cc1oc(C(=O)NCCS(=O)(=O)NCc2ccccc2)cc1S(=O)(=O)N1CCCC1. The smallest absolute Gasteiger partial charge is 0.287 e. The van der Waals surface area contributed by atoms with Gasteiger partial charge in [0.25, 0.3) is 5.91 Å². The number of furan rings is 1. The summed E-state index contributed by atoms with van der Waals surface area (Å²) in [7, 11) is -7.30. The van der Waals surface area contributed by atoms with Crippen LogP contribution in [0.15, 0.2) is 45.7 Å². The lowest BCUT2D eigenvalue weighted by molar-refractivity contribution is 0.0927. The fourth-order valence-electron chi connectivity index (χ4n) is 3.15. The Morgan fingerprint density at radius 3 is 2.43 bits per heavy atom. The number of hydrogen-bond donors (Lipinski definition) is 2. The third-order valence-corrected chi connectivity index (χ3v) is 8.11. The number of nitrogens with zero attached hydrogens (tertiary/aromatic N) is 1. The van der Waals surface area contributed by atoms with E-state index in [9.17, 15) is 21.6 Å². The number of carbonyl (C=O) groups is 1. The van der Waals surface area contributed by atoms with Crippen LogP contribution in [0.25, 0.3) is 0 Å². The molecule has 9 nitrogen and oxygen atoms in total. The Hall–Kier alpha value is -2.21. The molecule has 1 amide bonds. The average molecular weight is 456 g/mol. The zero-order valence-corrected chi connectivity index (χ0v) is 18.3. The van der Waals surface area contributed by atoms with Gasteiger partial charge < -0.3 is 9.73 Å². The van der Waals surface area contributed by atoms with Gasteiger partial charge in [-0.15, -0.1) is 0 Å². The van der Waals surface area contributed by atoms with Crippen molar-refractivity contribution in [3.05, 3.63) is 53.5 Å². The molecule has 0 bridgehead atoms. The van der Waals surface area contributed by atoms with Crippen molar-refractivity contribution in [3.8, 4) is 0 Å². The molecule has 2 N–H and O–H groups in total. The van der Waals surface area contributed by atoms with Crippen LogP contribution in [-0.2, 0) is 26.6 Å². The molecule has 2 heterocycles. The molecule has 1 aliphatic heterocycles. The Balaban J connectivity index is 1.55. The van der Waals surface area contributed by atoms with Crippen molar-refractivity contribution in [2.24, 2.45) is 0 Å². The third kappa shape index (κ3) is 5.48. The number of aryl methyl sites for hydroxylation is 1. The molecule has 1 fully saturated rings. The molecule has 0 saturated carbocycles. The van der Waals surface area contributed by atoms with Gasteiger partial charge in [-0.05, 0) is 25.3 Å². The van der Waals surface area contributed by atoms with Crippen LogP contribution in [0.3, 0.4) is 0 Å². The number of benzene rings is 1. The first-order chi connectivity index (χ1) is 14.2. The normalized spacial score (nSPS) is 15.4. The first kappa shape index (κ1) is 22.5. The lowest BCUT2D eigenvalue weighted by Crippen LogP contribution is -2.34. The van der Waals surface area contributed by atoms with E-state index in [1.54, 1.807) is 12.1 Å². The zero-order valence-electron chi connectivity index (χ0n) is 16.6. The number of nitrogens with one attached hydrogen (secondary N) is 2. The number of sulfonamides is 2. The molecule has 3 rings (SSSR count). The standard InChI is InChI=1S/C19H25N3O6S2/c1-15-18(30(26,27)22-10-5-6-11-22)13-17(28-15)19(23)20-9-12-29(24,25)21-14-16-7-3-2-4-8-16/h2-4,7-8,13,21H,5-6,9-12,14H2,1H3,(H,20,23). The van der Waals surface area contributed by atoms with Crippen molar-refractivity contribution in [1.29, 1.82) is 0 Å². The second-order valence-electron chi connectivity index (χ2n) is 7.02. The molecule has 1 aliphatic rings. The molecule has 0 unspecified atom stereocenters. The van der Waals surface area contributed by atoms with Crippen LogP contribution in [-0.4, -0.2) is 52.4 Å². The van der Waals surface area contributed by atoms with Gasteiger partial charge in [0, 0.05) is 32.2 Å². The van der Waals surface area contributed by atoms with E-state index >= 15 is 0 Å². The van der Waals surface area contributed by atoms with E-state index in [4.69, 9.17) is 4.42 Å². The topological polar surface area (TPSA) is 126 Å². The van der Waals surface area contributed by atoms with Crippen LogP contribution in [0, 0.1) is 6.92 Å². The first-order valence-electron chi connectivity index (χ1n) is 9.59. The summed E-state index contributed by atoms with van der Waals surface area (Å²) in [5.74, 6) is -1.02. The predicted octanol–water partition coefficient (Wildman–Crippen LogP) is 1.22. The predicted molar refractivity (Wildman–Crippen MR) is 111 cm³/mol. The summed E-state index contributed by atoms with van der Waals surface area (Å²) in [6.07, 6.45) is 1.60. The van der Waals surface area contributed by atoms with Crippen LogP contribution in [0.5, 0.6) is 0 Å². The number of carbonyl (C=O) groups excluding carboxylic acids is 1. The van der Waals surface area contributed by atoms with Gasteiger partial charge in [-0.2, -0.15) is 4.31 Å². The maximum absolute atomic E-state index is 12.7. The lowest BCUT2D eigenvalue weighted by Gasteiger charge is -2.14. The van der Waals surface area contributed by atoms with E-state index in [0.717, 1.165) is 18.4 Å². The van der Waals surface area contributed by atoms with Gasteiger partial charge in [-0.1, -0.05) is 30.3 Å². The first-order valence-corrected chi connectivity index (χ1v) is 12.7. The fourth-order valence-corrected chi connectivity index (χ4v) is 5.73. The molecule has 164 valence electrons. The quantitative estimate of drug-likeness (QED) is 0.586. The second-order valence-corrected chi connectivity index (χ2v) is 10.9. The van der Waals surface area contributed by atoms with E-state index in [2.05, 4.69) is 10.0 Å². The van der Waals surface area contributed by atoms with E-state index in [1.165, 1.54) is 17.3 Å². The molecular formula is C19H25N3O6S2. The maximum atomic E-state index is 12.7. The van der Waals surface area contributed by atoms with Crippen LogP contribution in [0.4, 0.5) is 0 Å². The van der Waals surface area contributed by atoms with Gasteiger partial charge in [-0.25, -0.2) is 21.6 Å². The highest BCUT2D eigenvalue weighted by Crippen LogP contribution is 2.26. The molecule has 0 aliphatic carbocycles. The van der Waals surface area contributed by atoms with E-state index in [0.29, 0.717) is 13.1 Å². The molecule has 1 saturated heterocycles. The Morgan fingerprint density at radius 1 is 1.10 bits per heavy atom. The van der Waals surface area contributed by atoms with Crippen molar-refractivity contribution >= 4 is 26.0 Å². The summed E-state index contributed by atoms with van der Waals surface area (Å²) in [4.78, 5) is 12.3. The summed E-state index contributed by atoms with van der Waals surface area (Å²) in [6, 6.07) is 10.3. The molecule has 0 spiro atoms. The van der Waals surface area contributed by atoms with Crippen LogP contribution in [0.2, 0.25) is 0 Å². The van der Waals surface area contributed by atoms with Gasteiger partial charge in [0.1, 0.15) is 10.7 Å². The highest BCUT2D eigenvalue weighted by molar-refractivity contribution is 7.89. The summed E-state index contributed by atoms with van der Waals surface area (Å²) in [5.41, 5.74) is 0.822. The summed E-state index contributed by atoms with van der Waals surface area (Å²) in [6.45, 7) is 2.39. The van der Waals surface area contributed by atoms with Crippen molar-refractivity contribution in [2.45, 2.75) is 31.2 Å². The summed E-state index contributed by atoms with van der Waals surface area (Å²) >= 11 is 0. The van der Waals surface area contributed by atoms with Crippen LogP contribution >= 0.6 is 0 Å². The minimum absolute atomic E-state index is 0.0355. The highest BCUT2D eigenvalue weighted by atomic mass is 32.2. The third-order valence-electron chi connectivity index (χ3n) is 4.77. The minimum atomic E-state index is -3.71. The van der Waals surface area contributed by atoms with Crippen molar-refractivity contribution in [2.75, 3.05) is 25.4 Å². The molecule has 30 heavy (non-hydrogen) atoms. The highest BCUT2D eigenvalue weighted by Gasteiger charge is 2.31. The summed E-state index contributed by atoms with van der Waals surface area (Å²) in [5, 5.41) is 2.45. The van der Waals surface area contributed by atoms with E-state index in [-0.39, 0.29) is 35.3 Å². The number of hydrogen-bond acceptors (Lipinski definition) is 6. The van der Waals surface area contributed by atoms with Crippen molar-refractivity contribution in [3.63, 3.8) is 0 Å². The molecule has 0 atom stereocenters. The zero-order chi connectivity index (χ0) is 21.8. The fraction of sp³-hybridized carbons (Fsp3) is 0.421. The Bertz CT molecular complexity index is 1090. The minimum Gasteiger partial charge on any atom is -0.455 e. The summed E-state index contributed by atoms with van der Waals surface area (Å²) < 4.78 is 58.7. The van der Waals surface area contributed by atoms with E-state index in [1.807, 2.05) is 18.2 Å². The maximum Gasteiger partial charge on any atom is 0.287 e. The van der Waals surface area contributed by atoms with E-state index < -0.39 is 26.0 Å². The second kappa shape index (κ2) is 9.29. The van der Waals surface area contributed by atoms with Gasteiger partial charge in [0.15, 0.2) is 5.76 Å². The Kier molecular flexibility index (Phi) is 6.96. The monoisotopic (exact) mass is 455 g/mol. The molecular weight excluding hydrogens is 430 g/mol. The van der Waals surface area contributed by atoms with Crippen LogP contribution < -0.4 is 10.0 Å². The molecule has 1 aromatic heterocycles. The van der Waals surface area contributed by atoms with Crippen molar-refractivity contribution < 1.29 is 26.0 Å². The molecule has 2 aromatic rings.